The normalized spacial score (nSPS) is 12.6. The highest BCUT2D eigenvalue weighted by Gasteiger charge is 2.37. The van der Waals surface area contributed by atoms with Gasteiger partial charge >= 0.3 is 8.80 Å². The summed E-state index contributed by atoms with van der Waals surface area (Å²) < 4.78 is 16.6. The molecule has 0 aromatic heterocycles. The van der Waals surface area contributed by atoms with E-state index in [1.165, 1.54) is 27.8 Å². The van der Waals surface area contributed by atoms with Crippen molar-refractivity contribution in [3.8, 4) is 11.1 Å². The van der Waals surface area contributed by atoms with Crippen molar-refractivity contribution in [3.05, 3.63) is 70.8 Å². The van der Waals surface area contributed by atoms with Crippen LogP contribution in [-0.2, 0) is 26.1 Å². The number of rotatable bonds is 9. The average molecular weight is 397 g/mol. The number of benzene rings is 2. The molecule has 0 spiro atoms. The Bertz CT molecular complexity index is 891. The highest BCUT2D eigenvalue weighted by atomic mass is 28.4. The van der Waals surface area contributed by atoms with Gasteiger partial charge in [-0.3, -0.25) is 4.79 Å². The van der Waals surface area contributed by atoms with Gasteiger partial charge in [-0.2, -0.15) is 0 Å². The van der Waals surface area contributed by atoms with Crippen molar-refractivity contribution in [3.63, 3.8) is 0 Å². The van der Waals surface area contributed by atoms with E-state index in [0.717, 1.165) is 25.3 Å². The second-order valence-corrected chi connectivity index (χ2v) is 10.3. The molecule has 0 atom stereocenters. The molecule has 1 aliphatic rings. The van der Waals surface area contributed by atoms with E-state index in [2.05, 4.69) is 30.8 Å². The Morgan fingerprint density at radius 1 is 1.07 bits per heavy atom. The van der Waals surface area contributed by atoms with Crippen molar-refractivity contribution in [1.29, 1.82) is 0 Å². The maximum absolute atomic E-state index is 12.6. The van der Waals surface area contributed by atoms with E-state index in [4.69, 9.17) is 13.3 Å². The first-order valence-electron chi connectivity index (χ1n) is 9.54. The van der Waals surface area contributed by atoms with Crippen LogP contribution in [0.3, 0.4) is 0 Å². The number of aryl methyl sites for hydroxylation is 1. The molecule has 0 saturated carbocycles. The standard InChI is InChI=1S/C23H28O4Si/c1-16(2)23(24)19-13-17(10-8-12-28(25-3,26-4)27-5)21-14-18-9-6-7-11-20(18)22(21)15-19/h6-7,9,11,13,15H,1,8,10,12,14H2,2-5H3. The van der Waals surface area contributed by atoms with Gasteiger partial charge in [-0.05, 0) is 71.7 Å². The highest BCUT2D eigenvalue weighted by molar-refractivity contribution is 6.60. The molecule has 0 fully saturated rings. The minimum absolute atomic E-state index is 0.00262. The summed E-state index contributed by atoms with van der Waals surface area (Å²) in [6, 6.07) is 13.2. The van der Waals surface area contributed by atoms with Crippen LogP contribution in [0.1, 0.15) is 40.4 Å². The first-order chi connectivity index (χ1) is 13.4. The van der Waals surface area contributed by atoms with Gasteiger partial charge in [0.25, 0.3) is 0 Å². The van der Waals surface area contributed by atoms with Crippen molar-refractivity contribution >= 4 is 14.6 Å². The van der Waals surface area contributed by atoms with Crippen molar-refractivity contribution < 1.29 is 18.1 Å². The van der Waals surface area contributed by atoms with E-state index in [-0.39, 0.29) is 5.78 Å². The van der Waals surface area contributed by atoms with Crippen LogP contribution in [0.15, 0.2) is 48.6 Å². The lowest BCUT2D eigenvalue weighted by molar-refractivity contribution is 0.103. The number of carbonyl (C=O) groups excluding carboxylic acids is 1. The molecule has 0 saturated heterocycles. The van der Waals surface area contributed by atoms with E-state index in [9.17, 15) is 4.79 Å². The Labute approximate surface area is 168 Å². The van der Waals surface area contributed by atoms with Gasteiger partial charge < -0.3 is 13.3 Å². The molecular weight excluding hydrogens is 368 g/mol. The molecule has 3 rings (SSSR count). The van der Waals surface area contributed by atoms with E-state index >= 15 is 0 Å². The first kappa shape index (κ1) is 20.7. The molecule has 0 radical (unpaired) electrons. The fraction of sp³-hybridized carbons (Fsp3) is 0.348. The summed E-state index contributed by atoms with van der Waals surface area (Å²) >= 11 is 0. The molecule has 0 heterocycles. The summed E-state index contributed by atoms with van der Waals surface area (Å²) in [4.78, 5) is 12.6. The van der Waals surface area contributed by atoms with Gasteiger partial charge in [0.2, 0.25) is 0 Å². The van der Waals surface area contributed by atoms with Crippen LogP contribution in [0.4, 0.5) is 0 Å². The quantitative estimate of drug-likeness (QED) is 0.295. The topological polar surface area (TPSA) is 44.8 Å². The molecule has 0 bridgehead atoms. The van der Waals surface area contributed by atoms with Crippen LogP contribution < -0.4 is 0 Å². The predicted molar refractivity (Wildman–Crippen MR) is 114 cm³/mol. The Morgan fingerprint density at radius 3 is 2.39 bits per heavy atom. The van der Waals surface area contributed by atoms with Crippen LogP contribution in [0.2, 0.25) is 6.04 Å². The third kappa shape index (κ3) is 3.89. The number of Topliss-reactive ketones (excluding diaryl/α,β-unsaturated/α-hetero) is 1. The van der Waals surface area contributed by atoms with Crippen molar-refractivity contribution in [2.45, 2.75) is 32.2 Å². The van der Waals surface area contributed by atoms with Crippen LogP contribution in [0, 0.1) is 0 Å². The summed E-state index contributed by atoms with van der Waals surface area (Å²) in [7, 11) is 2.32. The van der Waals surface area contributed by atoms with Crippen LogP contribution >= 0.6 is 0 Å². The van der Waals surface area contributed by atoms with Gasteiger partial charge in [0.1, 0.15) is 0 Å². The summed E-state index contributed by atoms with van der Waals surface area (Å²) in [5.41, 5.74) is 7.51. The molecule has 0 amide bonds. The molecule has 0 aliphatic heterocycles. The minimum Gasteiger partial charge on any atom is -0.377 e. The first-order valence-corrected chi connectivity index (χ1v) is 11.5. The number of carbonyl (C=O) groups is 1. The lowest BCUT2D eigenvalue weighted by atomic mass is 9.92. The predicted octanol–water partition coefficient (Wildman–Crippen LogP) is 4.83. The second-order valence-electron chi connectivity index (χ2n) is 7.25. The Hall–Kier alpha value is -2.05. The molecular formula is C23H28O4Si. The molecule has 0 unspecified atom stereocenters. The average Bonchev–Trinajstić information content (AvgIpc) is 3.10. The van der Waals surface area contributed by atoms with Gasteiger partial charge in [-0.15, -0.1) is 0 Å². The fourth-order valence-corrected chi connectivity index (χ4v) is 5.68. The van der Waals surface area contributed by atoms with Gasteiger partial charge in [-0.1, -0.05) is 30.8 Å². The molecule has 0 N–H and O–H groups in total. The number of hydrogen-bond acceptors (Lipinski definition) is 4. The Kier molecular flexibility index (Phi) is 6.30. The molecule has 5 heteroatoms. The summed E-state index contributed by atoms with van der Waals surface area (Å²) in [5.74, 6) is 0.00262. The Balaban J connectivity index is 1.94. The third-order valence-corrected chi connectivity index (χ3v) is 8.36. The van der Waals surface area contributed by atoms with E-state index in [1.54, 1.807) is 28.3 Å². The lowest BCUT2D eigenvalue weighted by Gasteiger charge is -2.24. The molecule has 2 aromatic rings. The SMILES string of the molecule is C=C(C)C(=O)c1cc(CCC[Si](OC)(OC)OC)c2c(c1)-c1ccccc1C2. The zero-order valence-electron chi connectivity index (χ0n) is 17.1. The van der Waals surface area contributed by atoms with Crippen molar-refractivity contribution in [1.82, 2.24) is 0 Å². The fourth-order valence-electron chi connectivity index (χ4n) is 3.96. The van der Waals surface area contributed by atoms with Crippen LogP contribution in [0.5, 0.6) is 0 Å². The molecule has 28 heavy (non-hydrogen) atoms. The van der Waals surface area contributed by atoms with Gasteiger partial charge in [-0.25, -0.2) is 0 Å². The van der Waals surface area contributed by atoms with Crippen LogP contribution in [-0.4, -0.2) is 35.9 Å². The Morgan fingerprint density at radius 2 is 1.75 bits per heavy atom. The molecule has 2 aromatic carbocycles. The van der Waals surface area contributed by atoms with Gasteiger partial charge in [0, 0.05) is 32.9 Å². The molecule has 1 aliphatic carbocycles. The van der Waals surface area contributed by atoms with E-state index in [0.29, 0.717) is 11.1 Å². The van der Waals surface area contributed by atoms with Crippen molar-refractivity contribution in [2.24, 2.45) is 0 Å². The monoisotopic (exact) mass is 396 g/mol. The lowest BCUT2D eigenvalue weighted by Crippen LogP contribution is -2.42. The van der Waals surface area contributed by atoms with E-state index in [1.807, 2.05) is 12.1 Å². The van der Waals surface area contributed by atoms with Crippen molar-refractivity contribution in [2.75, 3.05) is 21.3 Å². The zero-order valence-corrected chi connectivity index (χ0v) is 18.1. The molecule has 4 nitrogen and oxygen atoms in total. The van der Waals surface area contributed by atoms with Crippen LogP contribution in [0.25, 0.3) is 11.1 Å². The molecule has 148 valence electrons. The number of allylic oxidation sites excluding steroid dienone is 1. The minimum atomic E-state index is -2.59. The largest absolute Gasteiger partial charge is 0.500 e. The zero-order chi connectivity index (χ0) is 20.3. The summed E-state index contributed by atoms with van der Waals surface area (Å²) in [6.45, 7) is 5.60. The van der Waals surface area contributed by atoms with Gasteiger partial charge in [0.05, 0.1) is 0 Å². The second kappa shape index (κ2) is 8.53. The highest BCUT2D eigenvalue weighted by Crippen LogP contribution is 2.40. The van der Waals surface area contributed by atoms with Gasteiger partial charge in [0.15, 0.2) is 5.78 Å². The number of hydrogen-bond donors (Lipinski definition) is 0. The smallest absolute Gasteiger partial charge is 0.377 e. The maximum atomic E-state index is 12.6. The summed E-state index contributed by atoms with van der Waals surface area (Å²) in [5, 5.41) is 0. The summed E-state index contributed by atoms with van der Waals surface area (Å²) in [6.07, 6.45) is 2.62. The number of fused-ring (bicyclic) bond motifs is 3. The number of ketones is 1. The maximum Gasteiger partial charge on any atom is 0.500 e. The van der Waals surface area contributed by atoms with E-state index < -0.39 is 8.80 Å². The third-order valence-electron chi connectivity index (χ3n) is 5.53.